The first-order chi connectivity index (χ1) is 26.6. The first-order valence-corrected chi connectivity index (χ1v) is 18.4. The van der Waals surface area contributed by atoms with Crippen LogP contribution in [0, 0.1) is 0 Å². The van der Waals surface area contributed by atoms with Gasteiger partial charge in [-0.05, 0) is 59.5 Å². The van der Waals surface area contributed by atoms with Gasteiger partial charge >= 0.3 is 0 Å². The van der Waals surface area contributed by atoms with E-state index in [0.29, 0.717) is 0 Å². The summed E-state index contributed by atoms with van der Waals surface area (Å²) in [5.74, 6) is 0.744. The Balaban J connectivity index is 1.13. The molecular weight excluding hydrogens is 663 g/mol. The van der Waals surface area contributed by atoms with Crippen molar-refractivity contribution in [1.29, 1.82) is 0 Å². The fourth-order valence-electron chi connectivity index (χ4n) is 8.94. The zero-order valence-electron chi connectivity index (χ0n) is 29.3. The van der Waals surface area contributed by atoms with E-state index in [2.05, 4.69) is 168 Å². The number of anilines is 1. The maximum Gasteiger partial charge on any atom is 0.177 e. The van der Waals surface area contributed by atoms with Gasteiger partial charge in [0.05, 0.1) is 22.4 Å². The Morgan fingerprint density at radius 1 is 0.556 bits per heavy atom. The molecule has 54 heavy (non-hydrogen) atoms. The van der Waals surface area contributed by atoms with Crippen LogP contribution in [0.15, 0.2) is 178 Å². The lowest BCUT2D eigenvalue weighted by atomic mass is 9.92. The predicted molar refractivity (Wildman–Crippen MR) is 222 cm³/mol. The fourth-order valence-corrected chi connectivity index (χ4v) is 8.94. The summed E-state index contributed by atoms with van der Waals surface area (Å²) in [4.78, 5) is 5.59. The molecule has 0 saturated carbocycles. The molecule has 4 heterocycles. The van der Waals surface area contributed by atoms with Crippen molar-refractivity contribution < 1.29 is 8.83 Å². The second-order valence-electron chi connectivity index (χ2n) is 14.5. The van der Waals surface area contributed by atoms with E-state index in [4.69, 9.17) is 13.8 Å². The standard InChI is InChI=1S/C49H31N3O2/c1-49(50-44(32-25-24-29-12-2-3-14-31(29)28-32)48-45(51-49)36-17-7-9-22-41(36)53-48)38-19-11-23-42-43(38)37-18-10-21-40(47(37)54-42)52-39-20-8-6-16-34(39)35-27-26-30-13-4-5-15-33(30)46(35)52/h2-28,51H,1H3. The Labute approximate surface area is 309 Å². The molecule has 11 aromatic rings. The van der Waals surface area contributed by atoms with Gasteiger partial charge < -0.3 is 18.7 Å². The van der Waals surface area contributed by atoms with Gasteiger partial charge in [0, 0.05) is 43.4 Å². The normalized spacial score (nSPS) is 15.8. The summed E-state index contributed by atoms with van der Waals surface area (Å²) in [5, 5.41) is 14.2. The molecule has 254 valence electrons. The number of aliphatic imine (C=N–C) groups is 1. The highest BCUT2D eigenvalue weighted by Gasteiger charge is 2.38. The summed E-state index contributed by atoms with van der Waals surface area (Å²) in [7, 11) is 0. The van der Waals surface area contributed by atoms with Crippen LogP contribution in [0.25, 0.3) is 81.9 Å². The maximum absolute atomic E-state index is 6.96. The van der Waals surface area contributed by atoms with Crippen LogP contribution < -0.4 is 5.32 Å². The third-order valence-electron chi connectivity index (χ3n) is 11.4. The van der Waals surface area contributed by atoms with E-state index >= 15 is 0 Å². The van der Waals surface area contributed by atoms with Crippen molar-refractivity contribution in [2.75, 3.05) is 5.32 Å². The van der Waals surface area contributed by atoms with Crippen molar-refractivity contribution >= 4 is 87.7 Å². The van der Waals surface area contributed by atoms with E-state index in [-0.39, 0.29) is 0 Å². The first-order valence-electron chi connectivity index (χ1n) is 18.4. The number of nitrogens with one attached hydrogen (secondary N) is 1. The van der Waals surface area contributed by atoms with Crippen molar-refractivity contribution in [3.63, 3.8) is 0 Å². The Morgan fingerprint density at radius 2 is 1.26 bits per heavy atom. The monoisotopic (exact) mass is 693 g/mol. The molecule has 1 unspecified atom stereocenters. The highest BCUT2D eigenvalue weighted by molar-refractivity contribution is 6.22. The van der Waals surface area contributed by atoms with Crippen molar-refractivity contribution in [3.8, 4) is 5.69 Å². The minimum Gasteiger partial charge on any atom is -0.454 e. The molecule has 5 nitrogen and oxygen atoms in total. The zero-order valence-corrected chi connectivity index (χ0v) is 29.3. The Morgan fingerprint density at radius 3 is 2.17 bits per heavy atom. The quantitative estimate of drug-likeness (QED) is 0.200. The smallest absolute Gasteiger partial charge is 0.177 e. The topological polar surface area (TPSA) is 55.6 Å². The van der Waals surface area contributed by atoms with Gasteiger partial charge in [-0.3, -0.25) is 0 Å². The molecule has 0 aliphatic carbocycles. The molecule has 12 rings (SSSR count). The number of hydrogen-bond donors (Lipinski definition) is 1. The molecule has 0 saturated heterocycles. The zero-order chi connectivity index (χ0) is 35.5. The Bertz CT molecular complexity index is 3400. The van der Waals surface area contributed by atoms with Crippen LogP contribution in [0.4, 0.5) is 5.69 Å². The summed E-state index contributed by atoms with van der Waals surface area (Å²) in [6, 6.07) is 57.8. The lowest BCUT2D eigenvalue weighted by molar-refractivity contribution is 0.551. The third kappa shape index (κ3) is 4.01. The minimum absolute atomic E-state index is 0.744. The van der Waals surface area contributed by atoms with Gasteiger partial charge in [-0.1, -0.05) is 127 Å². The van der Waals surface area contributed by atoms with Crippen LogP contribution in [0.3, 0.4) is 0 Å². The average Bonchev–Trinajstić information content (AvgIpc) is 3.90. The summed E-state index contributed by atoms with van der Waals surface area (Å²) >= 11 is 0. The molecule has 0 fully saturated rings. The number of hydrogen-bond acceptors (Lipinski definition) is 4. The summed E-state index contributed by atoms with van der Waals surface area (Å²) in [5.41, 5.74) is 8.71. The molecule has 0 amide bonds. The number of fused-ring (bicyclic) bond motifs is 12. The molecule has 5 heteroatoms. The molecule has 1 atom stereocenters. The summed E-state index contributed by atoms with van der Waals surface area (Å²) in [6.07, 6.45) is 0. The number of para-hydroxylation sites is 3. The van der Waals surface area contributed by atoms with Crippen LogP contribution in [0.5, 0.6) is 0 Å². The molecule has 1 N–H and O–H groups in total. The number of benzene rings is 8. The number of rotatable bonds is 3. The second-order valence-corrected chi connectivity index (χ2v) is 14.5. The van der Waals surface area contributed by atoms with Crippen LogP contribution in [0.1, 0.15) is 23.8 Å². The van der Waals surface area contributed by atoms with Crippen molar-refractivity contribution in [2.45, 2.75) is 12.6 Å². The predicted octanol–water partition coefficient (Wildman–Crippen LogP) is 12.9. The Kier molecular flexibility index (Phi) is 5.85. The van der Waals surface area contributed by atoms with E-state index < -0.39 is 5.66 Å². The average molecular weight is 694 g/mol. The van der Waals surface area contributed by atoms with Crippen LogP contribution >= 0.6 is 0 Å². The van der Waals surface area contributed by atoms with Gasteiger partial charge in [-0.25, -0.2) is 4.99 Å². The van der Waals surface area contributed by atoms with E-state index in [9.17, 15) is 0 Å². The fraction of sp³-hybridized carbons (Fsp3) is 0.0408. The molecule has 0 bridgehead atoms. The van der Waals surface area contributed by atoms with Crippen LogP contribution in [-0.4, -0.2) is 10.3 Å². The van der Waals surface area contributed by atoms with Gasteiger partial charge in [-0.2, -0.15) is 0 Å². The van der Waals surface area contributed by atoms with Crippen molar-refractivity contribution in [2.24, 2.45) is 4.99 Å². The number of nitrogens with zero attached hydrogens (tertiary/aromatic N) is 2. The molecule has 0 spiro atoms. The molecular formula is C49H31N3O2. The molecule has 0 radical (unpaired) electrons. The SMILES string of the molecule is CC1(c2cccc3oc4c(-n5c6ccccc6c6ccc7ccccc7c65)cccc4c23)N=C(c2ccc3ccccc3c2)c2oc3ccccc3c2N1. The highest BCUT2D eigenvalue weighted by atomic mass is 16.3. The highest BCUT2D eigenvalue weighted by Crippen LogP contribution is 2.47. The maximum atomic E-state index is 6.96. The molecule has 8 aromatic carbocycles. The van der Waals surface area contributed by atoms with Crippen molar-refractivity contribution in [1.82, 2.24) is 4.57 Å². The number of furan rings is 2. The van der Waals surface area contributed by atoms with Gasteiger partial charge in [0.15, 0.2) is 17.0 Å². The first kappa shape index (κ1) is 29.5. The van der Waals surface area contributed by atoms with Gasteiger partial charge in [-0.15, -0.1) is 0 Å². The van der Waals surface area contributed by atoms with Gasteiger partial charge in [0.25, 0.3) is 0 Å². The molecule has 3 aromatic heterocycles. The van der Waals surface area contributed by atoms with Gasteiger partial charge in [0.2, 0.25) is 0 Å². The molecule has 1 aliphatic heterocycles. The van der Waals surface area contributed by atoms with Gasteiger partial charge in [0.1, 0.15) is 16.9 Å². The van der Waals surface area contributed by atoms with Crippen molar-refractivity contribution in [3.05, 3.63) is 181 Å². The minimum atomic E-state index is -0.865. The van der Waals surface area contributed by atoms with E-state index in [0.717, 1.165) is 77.8 Å². The number of aromatic nitrogens is 1. The van der Waals surface area contributed by atoms with E-state index in [1.54, 1.807) is 0 Å². The van der Waals surface area contributed by atoms with E-state index in [1.165, 1.54) is 32.4 Å². The third-order valence-corrected chi connectivity index (χ3v) is 11.4. The largest absolute Gasteiger partial charge is 0.454 e. The van der Waals surface area contributed by atoms with Crippen LogP contribution in [0.2, 0.25) is 0 Å². The van der Waals surface area contributed by atoms with Crippen LogP contribution in [-0.2, 0) is 5.66 Å². The lowest BCUT2D eigenvalue weighted by Crippen LogP contribution is -2.35. The summed E-state index contributed by atoms with van der Waals surface area (Å²) < 4.78 is 15.9. The summed E-state index contributed by atoms with van der Waals surface area (Å²) in [6.45, 7) is 2.16. The Hall–Kier alpha value is -7.11. The molecule has 1 aliphatic rings. The van der Waals surface area contributed by atoms with E-state index in [1.807, 2.05) is 12.1 Å². The lowest BCUT2D eigenvalue weighted by Gasteiger charge is -2.33. The second kappa shape index (κ2) is 10.7.